The Kier molecular flexibility index (Phi) is 4.69. The van der Waals surface area contributed by atoms with Crippen molar-refractivity contribution in [3.63, 3.8) is 0 Å². The molecule has 0 aromatic carbocycles. The van der Waals surface area contributed by atoms with Crippen molar-refractivity contribution >= 4 is 12.0 Å². The molecule has 148 valence electrons. The fourth-order valence-corrected chi connectivity index (χ4v) is 4.92. The van der Waals surface area contributed by atoms with E-state index < -0.39 is 11.4 Å². The molecule has 1 saturated heterocycles. The van der Waals surface area contributed by atoms with E-state index in [2.05, 4.69) is 10.4 Å². The van der Waals surface area contributed by atoms with Crippen LogP contribution in [0.3, 0.4) is 0 Å². The van der Waals surface area contributed by atoms with Crippen molar-refractivity contribution in [3.8, 4) is 0 Å². The Balaban J connectivity index is 1.27. The number of likely N-dealkylation sites (tertiary alicyclic amines) is 1. The average molecular weight is 377 g/mol. The van der Waals surface area contributed by atoms with E-state index in [1.165, 1.54) is 4.68 Å². The van der Waals surface area contributed by atoms with Crippen LogP contribution in [0.4, 0.5) is 4.79 Å². The normalized spacial score (nSPS) is 26.7. The van der Waals surface area contributed by atoms with Crippen molar-refractivity contribution in [2.45, 2.75) is 58.0 Å². The molecule has 2 atom stereocenters. The van der Waals surface area contributed by atoms with Crippen LogP contribution in [0.25, 0.3) is 0 Å². The highest BCUT2D eigenvalue weighted by Crippen LogP contribution is 2.48. The number of carbonyl (C=O) groups excluding carboxylic acids is 1. The number of nitrogens with one attached hydrogen (secondary N) is 1. The molecule has 1 aromatic rings. The predicted octanol–water partition coefficient (Wildman–Crippen LogP) is 0.667. The Hall–Kier alpha value is -2.32. The summed E-state index contributed by atoms with van der Waals surface area (Å²) in [5.74, 6) is 0.150. The predicted molar refractivity (Wildman–Crippen MR) is 96.4 cm³/mol. The molecule has 1 aliphatic carbocycles. The quantitative estimate of drug-likeness (QED) is 0.733. The molecule has 2 fully saturated rings. The molecular formula is C18H27N5O4. The number of carbonyl (C=O) groups is 2. The summed E-state index contributed by atoms with van der Waals surface area (Å²) in [6.07, 6.45) is 6.01. The summed E-state index contributed by atoms with van der Waals surface area (Å²) in [4.78, 5) is 38.0. The van der Waals surface area contributed by atoms with Gasteiger partial charge in [-0.05, 0) is 38.0 Å². The first-order valence-corrected chi connectivity index (χ1v) is 9.94. The third kappa shape index (κ3) is 3.12. The smallest absolute Gasteiger partial charge is 0.345 e. The zero-order valence-corrected chi connectivity index (χ0v) is 15.5. The molecule has 9 nitrogen and oxygen atoms in total. The molecule has 1 aromatic heterocycles. The minimum atomic E-state index is -0.775. The third-order valence-corrected chi connectivity index (χ3v) is 6.44. The number of aliphatic carboxylic acids is 1. The first kappa shape index (κ1) is 18.1. The second-order valence-electron chi connectivity index (χ2n) is 8.05. The van der Waals surface area contributed by atoms with E-state index in [1.54, 1.807) is 9.47 Å². The molecule has 1 saturated carbocycles. The van der Waals surface area contributed by atoms with Gasteiger partial charge in [0.05, 0.1) is 5.41 Å². The maximum absolute atomic E-state index is 12.4. The molecule has 0 radical (unpaired) electrons. The zero-order valence-electron chi connectivity index (χ0n) is 15.5. The van der Waals surface area contributed by atoms with Crippen LogP contribution in [-0.4, -0.2) is 56.0 Å². The van der Waals surface area contributed by atoms with Crippen LogP contribution in [0.2, 0.25) is 0 Å². The van der Waals surface area contributed by atoms with Crippen molar-refractivity contribution in [1.82, 2.24) is 24.6 Å². The van der Waals surface area contributed by atoms with Gasteiger partial charge in [-0.1, -0.05) is 6.42 Å². The fraction of sp³-hybridized carbons (Fsp3) is 0.778. The van der Waals surface area contributed by atoms with E-state index in [1.807, 2.05) is 0 Å². The van der Waals surface area contributed by atoms with E-state index >= 15 is 0 Å². The van der Waals surface area contributed by atoms with Gasteiger partial charge in [0.15, 0.2) is 0 Å². The topological polar surface area (TPSA) is 109 Å². The van der Waals surface area contributed by atoms with Crippen molar-refractivity contribution in [2.75, 3.05) is 19.6 Å². The maximum Gasteiger partial charge on any atom is 0.345 e. The molecule has 9 heteroatoms. The minimum absolute atomic E-state index is 0.0632. The Bertz CT molecular complexity index is 800. The van der Waals surface area contributed by atoms with E-state index in [0.717, 1.165) is 44.5 Å². The highest BCUT2D eigenvalue weighted by Gasteiger charge is 2.55. The zero-order chi connectivity index (χ0) is 19.0. The first-order chi connectivity index (χ1) is 13.0. The average Bonchev–Trinajstić information content (AvgIpc) is 3.30. The summed E-state index contributed by atoms with van der Waals surface area (Å²) < 4.78 is 3.24. The number of hydrogen-bond acceptors (Lipinski definition) is 4. The number of carboxylic acid groups (broad SMARTS) is 1. The molecule has 4 rings (SSSR count). The maximum atomic E-state index is 12.4. The molecule has 3 heterocycles. The van der Waals surface area contributed by atoms with Gasteiger partial charge in [0.2, 0.25) is 0 Å². The lowest BCUT2D eigenvalue weighted by Gasteiger charge is -2.23. The number of rotatable bonds is 5. The summed E-state index contributed by atoms with van der Waals surface area (Å²) in [6, 6.07) is -0.207. The first-order valence-electron chi connectivity index (χ1n) is 9.94. The van der Waals surface area contributed by atoms with Gasteiger partial charge in [-0.2, -0.15) is 5.10 Å². The lowest BCUT2D eigenvalue weighted by Crippen LogP contribution is -2.42. The van der Waals surface area contributed by atoms with E-state index in [4.69, 9.17) is 0 Å². The van der Waals surface area contributed by atoms with Crippen molar-refractivity contribution in [3.05, 3.63) is 16.3 Å². The lowest BCUT2D eigenvalue weighted by molar-refractivity contribution is -0.149. The van der Waals surface area contributed by atoms with Crippen LogP contribution in [0.5, 0.6) is 0 Å². The molecule has 0 bridgehead atoms. The van der Waals surface area contributed by atoms with Crippen molar-refractivity contribution in [2.24, 2.45) is 11.3 Å². The number of fused-ring (bicyclic) bond motifs is 2. The van der Waals surface area contributed by atoms with Crippen LogP contribution < -0.4 is 11.0 Å². The second kappa shape index (κ2) is 7.01. The molecule has 0 spiro atoms. The van der Waals surface area contributed by atoms with Crippen LogP contribution in [-0.2, 0) is 24.3 Å². The number of hydrogen-bond donors (Lipinski definition) is 2. The van der Waals surface area contributed by atoms with Crippen LogP contribution in [0, 0.1) is 11.3 Å². The lowest BCUT2D eigenvalue weighted by atomic mass is 9.81. The summed E-state index contributed by atoms with van der Waals surface area (Å²) in [5.41, 5.74) is -0.813. The number of amides is 2. The molecule has 3 aliphatic rings. The highest BCUT2D eigenvalue weighted by atomic mass is 16.4. The van der Waals surface area contributed by atoms with Gasteiger partial charge >= 0.3 is 17.7 Å². The van der Waals surface area contributed by atoms with Gasteiger partial charge in [-0.15, -0.1) is 0 Å². The van der Waals surface area contributed by atoms with Crippen LogP contribution in [0.1, 0.15) is 44.3 Å². The molecule has 27 heavy (non-hydrogen) atoms. The highest BCUT2D eigenvalue weighted by molar-refractivity contribution is 5.80. The van der Waals surface area contributed by atoms with E-state index in [0.29, 0.717) is 39.0 Å². The monoisotopic (exact) mass is 377 g/mol. The van der Waals surface area contributed by atoms with E-state index in [-0.39, 0.29) is 17.6 Å². The molecule has 2 amide bonds. The molecule has 0 unspecified atom stereocenters. The molecule has 2 aliphatic heterocycles. The number of nitrogens with zero attached hydrogens (tertiary/aromatic N) is 4. The Morgan fingerprint density at radius 1 is 1.30 bits per heavy atom. The van der Waals surface area contributed by atoms with Crippen LogP contribution in [0.15, 0.2) is 4.79 Å². The largest absolute Gasteiger partial charge is 0.481 e. The Morgan fingerprint density at radius 2 is 2.15 bits per heavy atom. The second-order valence-corrected chi connectivity index (χ2v) is 8.05. The number of aryl methyl sites for hydroxylation is 2. The van der Waals surface area contributed by atoms with Crippen molar-refractivity contribution < 1.29 is 14.7 Å². The summed E-state index contributed by atoms with van der Waals surface area (Å²) >= 11 is 0. The third-order valence-electron chi connectivity index (χ3n) is 6.44. The van der Waals surface area contributed by atoms with Gasteiger partial charge in [-0.3, -0.25) is 9.36 Å². The molecular weight excluding hydrogens is 350 g/mol. The van der Waals surface area contributed by atoms with Gasteiger partial charge < -0.3 is 15.3 Å². The number of carboxylic acids is 1. The molecule has 2 N–H and O–H groups in total. The Labute approximate surface area is 157 Å². The fourth-order valence-electron chi connectivity index (χ4n) is 4.92. The van der Waals surface area contributed by atoms with E-state index in [9.17, 15) is 19.5 Å². The van der Waals surface area contributed by atoms with Crippen molar-refractivity contribution in [1.29, 1.82) is 0 Å². The number of urea groups is 1. The van der Waals surface area contributed by atoms with Gasteiger partial charge in [0.25, 0.3) is 0 Å². The SMILES string of the molecule is O=C(NCCCn1nc2n(c1=O)CCCC2)N1C[C@@H]2CCC[C@@]2(C(=O)O)C1. The minimum Gasteiger partial charge on any atom is -0.481 e. The number of aromatic nitrogens is 3. The summed E-state index contributed by atoms with van der Waals surface area (Å²) in [7, 11) is 0. The summed E-state index contributed by atoms with van der Waals surface area (Å²) in [6.45, 7) is 2.47. The van der Waals surface area contributed by atoms with Gasteiger partial charge in [0, 0.05) is 39.1 Å². The standard InChI is InChI=1S/C18H27N5O4/c24-15(25)18-7-3-5-13(18)11-21(12-18)16(26)19-8-4-10-23-17(27)22-9-2-1-6-14(22)20-23/h13H,1-12H2,(H,19,26)(H,24,25)/t13-,18+/m0/s1. The van der Waals surface area contributed by atoms with Gasteiger partial charge in [0.1, 0.15) is 5.82 Å². The van der Waals surface area contributed by atoms with Gasteiger partial charge in [-0.25, -0.2) is 14.3 Å². The Morgan fingerprint density at radius 3 is 2.89 bits per heavy atom. The van der Waals surface area contributed by atoms with Crippen LogP contribution >= 0.6 is 0 Å². The summed E-state index contributed by atoms with van der Waals surface area (Å²) in [5, 5.41) is 16.9.